The number of benzene rings is 1. The molecule has 0 radical (unpaired) electrons. The van der Waals surface area contributed by atoms with Gasteiger partial charge in [0.1, 0.15) is 5.82 Å². The zero-order chi connectivity index (χ0) is 13.8. The number of hydrogen-bond acceptors (Lipinski definition) is 5. The largest absolute Gasteiger partial charge is 0.355 e. The Balaban J connectivity index is 1.56. The van der Waals surface area contributed by atoms with E-state index in [2.05, 4.69) is 20.0 Å². The van der Waals surface area contributed by atoms with E-state index in [0.29, 0.717) is 5.96 Å². The number of nitrogens with one attached hydrogen (secondary N) is 2. The van der Waals surface area contributed by atoms with Gasteiger partial charge in [-0.15, -0.1) is 0 Å². The maximum absolute atomic E-state index is 13.2. The molecule has 0 bridgehead atoms. The van der Waals surface area contributed by atoms with Gasteiger partial charge in [0, 0.05) is 30.9 Å². The number of halogens is 1. The summed E-state index contributed by atoms with van der Waals surface area (Å²) in [5, 5.41) is 6.28. The first-order valence-electron chi connectivity index (χ1n) is 6.25. The predicted octanol–water partition coefficient (Wildman–Crippen LogP) is 2.84. The standard InChI is InChI=1S/C14H13FN4S/c15-11-3-4-13-12(8-11)18-14(19-20-13)17-7-5-10-2-1-6-16-9-10/h1-4,6,8-9H,5,7H2,(H2,17,18,19). The molecule has 1 aromatic carbocycles. The van der Waals surface area contributed by atoms with E-state index in [1.54, 1.807) is 12.3 Å². The van der Waals surface area contributed by atoms with Crippen LogP contribution in [0.1, 0.15) is 5.56 Å². The summed E-state index contributed by atoms with van der Waals surface area (Å²) in [7, 11) is 0. The first-order valence-corrected chi connectivity index (χ1v) is 7.03. The zero-order valence-corrected chi connectivity index (χ0v) is 11.5. The van der Waals surface area contributed by atoms with Crippen LogP contribution in [-0.2, 0) is 6.42 Å². The van der Waals surface area contributed by atoms with Gasteiger partial charge in [-0.05, 0) is 36.2 Å². The molecule has 1 aliphatic heterocycles. The highest BCUT2D eigenvalue weighted by Gasteiger charge is 2.12. The number of rotatable bonds is 3. The zero-order valence-electron chi connectivity index (χ0n) is 10.6. The first-order chi connectivity index (χ1) is 9.81. The number of aromatic nitrogens is 1. The van der Waals surface area contributed by atoms with Crippen LogP contribution in [0.4, 0.5) is 10.1 Å². The van der Waals surface area contributed by atoms with E-state index in [-0.39, 0.29) is 5.82 Å². The van der Waals surface area contributed by atoms with Gasteiger partial charge < -0.3 is 10.6 Å². The predicted molar refractivity (Wildman–Crippen MR) is 79.3 cm³/mol. The van der Waals surface area contributed by atoms with Crippen LogP contribution < -0.4 is 10.6 Å². The fraction of sp³-hybridized carbons (Fsp3) is 0.143. The summed E-state index contributed by atoms with van der Waals surface area (Å²) in [6.45, 7) is 0.739. The molecule has 2 heterocycles. The van der Waals surface area contributed by atoms with Crippen molar-refractivity contribution < 1.29 is 4.39 Å². The van der Waals surface area contributed by atoms with Crippen molar-refractivity contribution in [2.75, 3.05) is 11.9 Å². The molecular formula is C14H13FN4S. The second kappa shape index (κ2) is 5.92. The van der Waals surface area contributed by atoms with E-state index < -0.39 is 0 Å². The Kier molecular flexibility index (Phi) is 3.83. The summed E-state index contributed by atoms with van der Waals surface area (Å²) in [5.74, 6) is 0.394. The van der Waals surface area contributed by atoms with Crippen LogP contribution >= 0.6 is 11.9 Å². The quantitative estimate of drug-likeness (QED) is 0.853. The lowest BCUT2D eigenvalue weighted by Gasteiger charge is -2.18. The van der Waals surface area contributed by atoms with Crippen LogP contribution in [0.15, 0.2) is 52.0 Å². The van der Waals surface area contributed by atoms with Gasteiger partial charge >= 0.3 is 0 Å². The summed E-state index contributed by atoms with van der Waals surface area (Å²) >= 11 is 1.34. The topological polar surface area (TPSA) is 49.3 Å². The average molecular weight is 288 g/mol. The monoisotopic (exact) mass is 288 g/mol. The highest BCUT2D eigenvalue weighted by atomic mass is 32.2. The van der Waals surface area contributed by atoms with Crippen molar-refractivity contribution in [3.05, 3.63) is 54.1 Å². The van der Waals surface area contributed by atoms with Crippen LogP contribution in [0.2, 0.25) is 0 Å². The molecule has 0 saturated heterocycles. The average Bonchev–Trinajstić information content (AvgIpc) is 2.48. The van der Waals surface area contributed by atoms with Gasteiger partial charge in [-0.1, -0.05) is 6.07 Å². The number of fused-ring (bicyclic) bond motifs is 1. The lowest BCUT2D eigenvalue weighted by Crippen LogP contribution is -2.33. The summed E-state index contributed by atoms with van der Waals surface area (Å²) in [4.78, 5) is 4.99. The molecule has 4 nitrogen and oxygen atoms in total. The third-order valence-electron chi connectivity index (χ3n) is 2.86. The molecule has 0 saturated carbocycles. The van der Waals surface area contributed by atoms with Crippen LogP contribution in [0, 0.1) is 5.82 Å². The molecule has 3 rings (SSSR count). The minimum absolute atomic E-state index is 0.256. The number of guanidine groups is 1. The van der Waals surface area contributed by atoms with E-state index in [1.807, 2.05) is 18.3 Å². The Morgan fingerprint density at radius 3 is 3.10 bits per heavy atom. The molecule has 1 aliphatic rings. The third-order valence-corrected chi connectivity index (χ3v) is 3.69. The van der Waals surface area contributed by atoms with Gasteiger partial charge in [0.05, 0.1) is 10.6 Å². The molecule has 2 aromatic rings. The first kappa shape index (κ1) is 12.9. The van der Waals surface area contributed by atoms with Crippen molar-refractivity contribution >= 4 is 23.6 Å². The number of anilines is 1. The second-order valence-corrected chi connectivity index (χ2v) is 5.14. The van der Waals surface area contributed by atoms with Crippen molar-refractivity contribution in [2.45, 2.75) is 11.3 Å². The van der Waals surface area contributed by atoms with E-state index in [1.165, 1.54) is 24.1 Å². The van der Waals surface area contributed by atoms with Crippen LogP contribution in [0.5, 0.6) is 0 Å². The van der Waals surface area contributed by atoms with Crippen molar-refractivity contribution in [1.82, 2.24) is 10.3 Å². The molecular weight excluding hydrogens is 275 g/mol. The number of nitrogens with zero attached hydrogens (tertiary/aromatic N) is 2. The molecule has 0 fully saturated rings. The fourth-order valence-electron chi connectivity index (χ4n) is 1.87. The SMILES string of the molecule is Fc1ccc2c(c1)NC(NCCc1cccnc1)=NS2. The van der Waals surface area contributed by atoms with Gasteiger partial charge in [-0.2, -0.15) is 4.40 Å². The lowest BCUT2D eigenvalue weighted by molar-refractivity contribution is 0.627. The van der Waals surface area contributed by atoms with E-state index in [0.717, 1.165) is 29.1 Å². The second-order valence-electron chi connectivity index (χ2n) is 4.33. The van der Waals surface area contributed by atoms with Crippen molar-refractivity contribution in [3.8, 4) is 0 Å². The Labute approximate surface area is 120 Å². The minimum Gasteiger partial charge on any atom is -0.355 e. The highest BCUT2D eigenvalue weighted by molar-refractivity contribution is 7.98. The Morgan fingerprint density at radius 2 is 2.25 bits per heavy atom. The smallest absolute Gasteiger partial charge is 0.207 e. The molecule has 0 spiro atoms. The molecule has 6 heteroatoms. The summed E-state index contributed by atoms with van der Waals surface area (Å²) in [6.07, 6.45) is 4.46. The van der Waals surface area contributed by atoms with E-state index in [9.17, 15) is 4.39 Å². The van der Waals surface area contributed by atoms with E-state index >= 15 is 0 Å². The van der Waals surface area contributed by atoms with Gasteiger partial charge in [-0.3, -0.25) is 4.98 Å². The molecule has 20 heavy (non-hydrogen) atoms. The van der Waals surface area contributed by atoms with Crippen molar-refractivity contribution in [2.24, 2.45) is 4.40 Å². The Hall–Kier alpha value is -2.08. The lowest BCUT2D eigenvalue weighted by atomic mass is 10.2. The fourth-order valence-corrected chi connectivity index (χ4v) is 2.51. The van der Waals surface area contributed by atoms with Gasteiger partial charge in [-0.25, -0.2) is 4.39 Å². The Bertz CT molecular complexity index is 630. The van der Waals surface area contributed by atoms with Crippen molar-refractivity contribution in [1.29, 1.82) is 0 Å². The molecule has 2 N–H and O–H groups in total. The molecule has 0 atom stereocenters. The van der Waals surface area contributed by atoms with E-state index in [4.69, 9.17) is 0 Å². The summed E-state index contributed by atoms with van der Waals surface area (Å²) < 4.78 is 17.5. The van der Waals surface area contributed by atoms with Crippen LogP contribution in [0.3, 0.4) is 0 Å². The van der Waals surface area contributed by atoms with Gasteiger partial charge in [0.15, 0.2) is 0 Å². The molecule has 0 unspecified atom stereocenters. The number of hydrogen-bond donors (Lipinski definition) is 2. The number of pyridine rings is 1. The van der Waals surface area contributed by atoms with Gasteiger partial charge in [0.2, 0.25) is 5.96 Å². The molecule has 1 aromatic heterocycles. The third kappa shape index (κ3) is 3.08. The minimum atomic E-state index is -0.256. The summed E-state index contributed by atoms with van der Waals surface area (Å²) in [6, 6.07) is 8.58. The van der Waals surface area contributed by atoms with Crippen LogP contribution in [0.25, 0.3) is 0 Å². The normalized spacial score (nSPS) is 13.2. The summed E-state index contributed by atoms with van der Waals surface area (Å²) in [5.41, 5.74) is 1.91. The maximum Gasteiger partial charge on any atom is 0.207 e. The molecule has 0 amide bonds. The highest BCUT2D eigenvalue weighted by Crippen LogP contribution is 2.31. The van der Waals surface area contributed by atoms with Crippen molar-refractivity contribution in [3.63, 3.8) is 0 Å². The maximum atomic E-state index is 13.2. The van der Waals surface area contributed by atoms with Crippen LogP contribution in [-0.4, -0.2) is 17.5 Å². The Morgan fingerprint density at radius 1 is 1.30 bits per heavy atom. The molecule has 102 valence electrons. The molecule has 0 aliphatic carbocycles. The van der Waals surface area contributed by atoms with Gasteiger partial charge in [0.25, 0.3) is 0 Å².